The second-order valence-corrected chi connectivity index (χ2v) is 7.73. The molecule has 6 nitrogen and oxygen atoms in total. The van der Waals surface area contributed by atoms with Crippen molar-refractivity contribution >= 4 is 10.0 Å². The van der Waals surface area contributed by atoms with Crippen molar-refractivity contribution < 1.29 is 18.3 Å². The number of sulfonamides is 1. The third-order valence-corrected chi connectivity index (χ3v) is 5.00. The SMILES string of the molecule is Cc1cccc(OC[C@@H](O)CN2CCN(S(C)(=O)=O)CC2)c1. The maximum atomic E-state index is 11.4. The van der Waals surface area contributed by atoms with Crippen molar-refractivity contribution in [2.45, 2.75) is 13.0 Å². The van der Waals surface area contributed by atoms with Gasteiger partial charge in [-0.3, -0.25) is 4.90 Å². The number of β-amino-alcohol motifs (C(OH)–C–C–N with tert-alkyl or cyclic N) is 1. The van der Waals surface area contributed by atoms with Crippen LogP contribution in [0.25, 0.3) is 0 Å². The van der Waals surface area contributed by atoms with Crippen LogP contribution in [0.2, 0.25) is 0 Å². The first-order valence-corrected chi connectivity index (χ1v) is 9.24. The van der Waals surface area contributed by atoms with Gasteiger partial charge in [0.25, 0.3) is 0 Å². The highest BCUT2D eigenvalue weighted by atomic mass is 32.2. The highest BCUT2D eigenvalue weighted by molar-refractivity contribution is 7.88. The monoisotopic (exact) mass is 328 g/mol. The van der Waals surface area contributed by atoms with Gasteiger partial charge in [-0.1, -0.05) is 12.1 Å². The van der Waals surface area contributed by atoms with E-state index in [-0.39, 0.29) is 6.61 Å². The van der Waals surface area contributed by atoms with Gasteiger partial charge in [-0.25, -0.2) is 8.42 Å². The van der Waals surface area contributed by atoms with Gasteiger partial charge >= 0.3 is 0 Å². The molecule has 1 atom stereocenters. The van der Waals surface area contributed by atoms with Crippen LogP contribution in [-0.4, -0.2) is 74.4 Å². The standard InChI is InChI=1S/C15H24N2O4S/c1-13-4-3-5-15(10-13)21-12-14(18)11-16-6-8-17(9-7-16)22(2,19)20/h3-5,10,14,18H,6-9,11-12H2,1-2H3/t14-/m0/s1. The van der Waals surface area contributed by atoms with Crippen LogP contribution in [0.5, 0.6) is 5.75 Å². The summed E-state index contributed by atoms with van der Waals surface area (Å²) in [5.74, 6) is 0.751. The molecule has 1 aliphatic heterocycles. The number of benzene rings is 1. The number of rotatable bonds is 6. The van der Waals surface area contributed by atoms with Gasteiger partial charge in [0.05, 0.1) is 6.26 Å². The maximum Gasteiger partial charge on any atom is 0.211 e. The summed E-state index contributed by atoms with van der Waals surface area (Å²) in [6, 6.07) is 7.70. The first kappa shape index (κ1) is 17.2. The lowest BCUT2D eigenvalue weighted by Crippen LogP contribution is -2.50. The number of ether oxygens (including phenoxy) is 1. The van der Waals surface area contributed by atoms with Crippen molar-refractivity contribution in [2.75, 3.05) is 45.6 Å². The summed E-state index contributed by atoms with van der Waals surface area (Å²) in [7, 11) is -3.11. The summed E-state index contributed by atoms with van der Waals surface area (Å²) in [5.41, 5.74) is 1.11. The van der Waals surface area contributed by atoms with E-state index in [1.807, 2.05) is 31.2 Å². The molecule has 1 aliphatic rings. The zero-order valence-electron chi connectivity index (χ0n) is 13.1. The van der Waals surface area contributed by atoms with E-state index in [0.717, 1.165) is 11.3 Å². The van der Waals surface area contributed by atoms with Crippen LogP contribution in [0, 0.1) is 6.92 Å². The molecule has 0 aliphatic carbocycles. The maximum absolute atomic E-state index is 11.4. The minimum atomic E-state index is -3.11. The molecule has 1 heterocycles. The molecule has 0 aromatic heterocycles. The van der Waals surface area contributed by atoms with Crippen LogP contribution in [0.3, 0.4) is 0 Å². The Labute approximate surface area is 132 Å². The lowest BCUT2D eigenvalue weighted by molar-refractivity contribution is 0.0569. The normalized spacial score (nSPS) is 19.0. The van der Waals surface area contributed by atoms with Crippen molar-refractivity contribution in [2.24, 2.45) is 0 Å². The molecular weight excluding hydrogens is 304 g/mol. The molecule has 1 N–H and O–H groups in total. The van der Waals surface area contributed by atoms with Crippen molar-refractivity contribution in [1.29, 1.82) is 0 Å². The van der Waals surface area contributed by atoms with E-state index in [9.17, 15) is 13.5 Å². The first-order chi connectivity index (χ1) is 10.3. The van der Waals surface area contributed by atoms with Crippen molar-refractivity contribution in [3.05, 3.63) is 29.8 Å². The zero-order chi connectivity index (χ0) is 16.2. The van der Waals surface area contributed by atoms with Gasteiger partial charge in [0.15, 0.2) is 0 Å². The third kappa shape index (κ3) is 5.24. The average molecular weight is 328 g/mol. The molecule has 2 rings (SSSR count). The van der Waals surface area contributed by atoms with Crippen LogP contribution < -0.4 is 4.74 Å². The van der Waals surface area contributed by atoms with Gasteiger partial charge in [0, 0.05) is 32.7 Å². The minimum Gasteiger partial charge on any atom is -0.491 e. The molecule has 0 amide bonds. The molecule has 1 fully saturated rings. The summed E-state index contributed by atoms with van der Waals surface area (Å²) >= 11 is 0. The summed E-state index contributed by atoms with van der Waals surface area (Å²) in [6.45, 7) is 4.93. The van der Waals surface area contributed by atoms with Crippen LogP contribution in [0.1, 0.15) is 5.56 Å². The zero-order valence-corrected chi connectivity index (χ0v) is 13.9. The third-order valence-electron chi connectivity index (χ3n) is 3.70. The first-order valence-electron chi connectivity index (χ1n) is 7.39. The fourth-order valence-electron chi connectivity index (χ4n) is 2.49. The highest BCUT2D eigenvalue weighted by Gasteiger charge is 2.24. The van der Waals surface area contributed by atoms with Gasteiger partial charge < -0.3 is 9.84 Å². The predicted octanol–water partition coefficient (Wildman–Crippen LogP) is 0.312. The van der Waals surface area contributed by atoms with E-state index in [1.165, 1.54) is 10.6 Å². The molecule has 1 aromatic carbocycles. The van der Waals surface area contributed by atoms with Gasteiger partial charge in [0.2, 0.25) is 10.0 Å². The van der Waals surface area contributed by atoms with Gasteiger partial charge in [-0.15, -0.1) is 0 Å². The number of aliphatic hydroxyl groups is 1. The van der Waals surface area contributed by atoms with E-state index < -0.39 is 16.1 Å². The fourth-order valence-corrected chi connectivity index (χ4v) is 3.32. The smallest absolute Gasteiger partial charge is 0.211 e. The molecule has 22 heavy (non-hydrogen) atoms. The van der Waals surface area contributed by atoms with E-state index in [1.54, 1.807) is 0 Å². The Morgan fingerprint density at radius 1 is 1.27 bits per heavy atom. The van der Waals surface area contributed by atoms with Gasteiger partial charge in [-0.2, -0.15) is 4.31 Å². The van der Waals surface area contributed by atoms with Crippen molar-refractivity contribution in [3.63, 3.8) is 0 Å². The van der Waals surface area contributed by atoms with Gasteiger partial charge in [0.1, 0.15) is 18.5 Å². The molecule has 0 radical (unpaired) electrons. The van der Waals surface area contributed by atoms with Crippen LogP contribution >= 0.6 is 0 Å². The summed E-state index contributed by atoms with van der Waals surface area (Å²) in [5, 5.41) is 10.1. The largest absolute Gasteiger partial charge is 0.491 e. The molecule has 0 unspecified atom stereocenters. The minimum absolute atomic E-state index is 0.232. The lowest BCUT2D eigenvalue weighted by Gasteiger charge is -2.34. The predicted molar refractivity (Wildman–Crippen MR) is 85.5 cm³/mol. The second kappa shape index (κ2) is 7.41. The average Bonchev–Trinajstić information content (AvgIpc) is 2.45. The van der Waals surface area contributed by atoms with Gasteiger partial charge in [-0.05, 0) is 24.6 Å². The Bertz CT molecular complexity index is 583. The number of hydrogen-bond acceptors (Lipinski definition) is 5. The summed E-state index contributed by atoms with van der Waals surface area (Å²) in [4.78, 5) is 2.06. The summed E-state index contributed by atoms with van der Waals surface area (Å²) in [6.07, 6.45) is 0.637. The lowest BCUT2D eigenvalue weighted by atomic mass is 10.2. The second-order valence-electron chi connectivity index (χ2n) is 5.74. The molecular formula is C15H24N2O4S. The van der Waals surface area contributed by atoms with E-state index in [2.05, 4.69) is 4.90 Å². The molecule has 0 saturated carbocycles. The number of aliphatic hydroxyl groups excluding tert-OH is 1. The van der Waals surface area contributed by atoms with E-state index in [4.69, 9.17) is 4.74 Å². The van der Waals surface area contributed by atoms with Crippen LogP contribution in [0.15, 0.2) is 24.3 Å². The molecule has 7 heteroatoms. The highest BCUT2D eigenvalue weighted by Crippen LogP contribution is 2.13. The van der Waals surface area contributed by atoms with E-state index in [0.29, 0.717) is 32.7 Å². The van der Waals surface area contributed by atoms with Crippen molar-refractivity contribution in [3.8, 4) is 5.75 Å². The Morgan fingerprint density at radius 3 is 2.55 bits per heavy atom. The number of nitrogens with zero attached hydrogens (tertiary/aromatic N) is 2. The quantitative estimate of drug-likeness (QED) is 0.814. The molecule has 1 saturated heterocycles. The number of aryl methyl sites for hydroxylation is 1. The number of piperazine rings is 1. The molecule has 1 aromatic rings. The molecule has 124 valence electrons. The Balaban J connectivity index is 1.73. The van der Waals surface area contributed by atoms with Crippen LogP contribution in [0.4, 0.5) is 0 Å². The van der Waals surface area contributed by atoms with Crippen LogP contribution in [-0.2, 0) is 10.0 Å². The Morgan fingerprint density at radius 2 is 1.95 bits per heavy atom. The summed E-state index contributed by atoms with van der Waals surface area (Å²) < 4.78 is 29.9. The van der Waals surface area contributed by atoms with E-state index >= 15 is 0 Å². The Kier molecular flexibility index (Phi) is 5.80. The van der Waals surface area contributed by atoms with Crippen molar-refractivity contribution in [1.82, 2.24) is 9.21 Å². The topological polar surface area (TPSA) is 70.1 Å². The fraction of sp³-hybridized carbons (Fsp3) is 0.600. The number of hydrogen-bond donors (Lipinski definition) is 1. The molecule has 0 bridgehead atoms. The molecule has 0 spiro atoms. The Hall–Kier alpha value is -1.15.